The minimum Gasteiger partial charge on any atom is -0.374 e. The molecule has 4 heteroatoms. The summed E-state index contributed by atoms with van der Waals surface area (Å²) in [5.74, 6) is 0.110. The molecule has 1 N–H and O–H groups in total. The van der Waals surface area contributed by atoms with Crippen LogP contribution in [0.5, 0.6) is 0 Å². The second kappa shape index (κ2) is 8.24. The van der Waals surface area contributed by atoms with Gasteiger partial charge in [-0.05, 0) is 55.5 Å². The second-order valence-electron chi connectivity index (χ2n) is 7.30. The fourth-order valence-corrected chi connectivity index (χ4v) is 3.44. The first kappa shape index (κ1) is 18.9. The summed E-state index contributed by atoms with van der Waals surface area (Å²) in [6, 6.07) is 15.9. The molecule has 2 aromatic carbocycles. The maximum atomic E-state index is 12.9. The van der Waals surface area contributed by atoms with E-state index in [-0.39, 0.29) is 12.0 Å². The summed E-state index contributed by atoms with van der Waals surface area (Å²) < 4.78 is 5.61. The highest BCUT2D eigenvalue weighted by Gasteiger charge is 2.45. The molecular weight excluding hydrogens is 346 g/mol. The van der Waals surface area contributed by atoms with E-state index in [2.05, 4.69) is 29.6 Å². The highest BCUT2D eigenvalue weighted by molar-refractivity contribution is 6.30. The molecule has 1 amide bonds. The maximum absolute atomic E-state index is 12.9. The molecule has 3 nitrogen and oxygen atoms in total. The molecule has 0 bridgehead atoms. The topological polar surface area (TPSA) is 38.3 Å². The van der Waals surface area contributed by atoms with Gasteiger partial charge in [0.15, 0.2) is 0 Å². The molecule has 1 aliphatic rings. The highest BCUT2D eigenvalue weighted by atomic mass is 35.5. The van der Waals surface area contributed by atoms with E-state index in [4.69, 9.17) is 16.3 Å². The van der Waals surface area contributed by atoms with Gasteiger partial charge < -0.3 is 10.1 Å². The van der Waals surface area contributed by atoms with Crippen LogP contribution in [-0.2, 0) is 28.1 Å². The van der Waals surface area contributed by atoms with Crippen molar-refractivity contribution in [3.8, 4) is 0 Å². The van der Waals surface area contributed by atoms with Crippen molar-refractivity contribution in [2.75, 3.05) is 0 Å². The summed E-state index contributed by atoms with van der Waals surface area (Å²) >= 11 is 5.99. The van der Waals surface area contributed by atoms with Gasteiger partial charge in [-0.25, -0.2) is 0 Å². The van der Waals surface area contributed by atoms with E-state index in [1.807, 2.05) is 38.1 Å². The predicted molar refractivity (Wildman–Crippen MR) is 105 cm³/mol. The van der Waals surface area contributed by atoms with Crippen molar-refractivity contribution in [3.63, 3.8) is 0 Å². The first-order valence-electron chi connectivity index (χ1n) is 9.23. The van der Waals surface area contributed by atoms with E-state index in [9.17, 15) is 4.79 Å². The molecule has 0 spiro atoms. The smallest absolute Gasteiger partial charge is 0.230 e. The van der Waals surface area contributed by atoms with Crippen molar-refractivity contribution in [3.05, 3.63) is 70.2 Å². The molecule has 0 aliphatic heterocycles. The SMILES string of the molecule is CC(C)OCc1ccc(CNC(=O)C2(c3ccc(Cl)cc3)CCC2)cc1. The van der Waals surface area contributed by atoms with Crippen LogP contribution in [0.1, 0.15) is 49.8 Å². The van der Waals surface area contributed by atoms with Gasteiger partial charge in [0, 0.05) is 11.6 Å². The van der Waals surface area contributed by atoms with Crippen LogP contribution in [0.15, 0.2) is 48.5 Å². The van der Waals surface area contributed by atoms with Crippen molar-refractivity contribution in [2.45, 2.75) is 57.8 Å². The van der Waals surface area contributed by atoms with E-state index >= 15 is 0 Å². The van der Waals surface area contributed by atoms with Crippen LogP contribution in [0.2, 0.25) is 5.02 Å². The summed E-state index contributed by atoms with van der Waals surface area (Å²) in [4.78, 5) is 12.9. The third-order valence-electron chi connectivity index (χ3n) is 5.10. The van der Waals surface area contributed by atoms with Crippen molar-refractivity contribution in [1.82, 2.24) is 5.32 Å². The number of carbonyl (C=O) groups excluding carboxylic acids is 1. The molecule has 2 aromatic rings. The maximum Gasteiger partial charge on any atom is 0.230 e. The second-order valence-corrected chi connectivity index (χ2v) is 7.74. The number of amides is 1. The number of hydrogen-bond donors (Lipinski definition) is 1. The minimum absolute atomic E-state index is 0.110. The summed E-state index contributed by atoms with van der Waals surface area (Å²) in [6.07, 6.45) is 3.10. The molecule has 0 aromatic heterocycles. The molecule has 0 radical (unpaired) electrons. The molecule has 1 fully saturated rings. The molecule has 1 aliphatic carbocycles. The monoisotopic (exact) mass is 371 g/mol. The van der Waals surface area contributed by atoms with Gasteiger partial charge >= 0.3 is 0 Å². The van der Waals surface area contributed by atoms with Crippen molar-refractivity contribution >= 4 is 17.5 Å². The van der Waals surface area contributed by atoms with Gasteiger partial charge in [0.25, 0.3) is 0 Å². The van der Waals surface area contributed by atoms with Gasteiger partial charge in [-0.15, -0.1) is 0 Å². The van der Waals surface area contributed by atoms with Crippen LogP contribution < -0.4 is 5.32 Å². The summed E-state index contributed by atoms with van der Waals surface area (Å²) in [7, 11) is 0. The number of hydrogen-bond acceptors (Lipinski definition) is 2. The van der Waals surface area contributed by atoms with Crippen LogP contribution in [0.3, 0.4) is 0 Å². The number of rotatable bonds is 7. The lowest BCUT2D eigenvalue weighted by atomic mass is 9.64. The molecule has 0 atom stereocenters. The van der Waals surface area contributed by atoms with Gasteiger partial charge in [-0.2, -0.15) is 0 Å². The fraction of sp³-hybridized carbons (Fsp3) is 0.409. The number of carbonyl (C=O) groups is 1. The Kier molecular flexibility index (Phi) is 6.00. The first-order valence-corrected chi connectivity index (χ1v) is 9.61. The molecule has 3 rings (SSSR count). The van der Waals surface area contributed by atoms with Gasteiger partial charge in [0.2, 0.25) is 5.91 Å². The number of nitrogens with one attached hydrogen (secondary N) is 1. The van der Waals surface area contributed by atoms with Crippen LogP contribution in [-0.4, -0.2) is 12.0 Å². The normalized spacial score (nSPS) is 15.5. The van der Waals surface area contributed by atoms with E-state index in [1.165, 1.54) is 0 Å². The molecule has 1 saturated carbocycles. The van der Waals surface area contributed by atoms with Gasteiger partial charge in [-0.1, -0.05) is 54.4 Å². The van der Waals surface area contributed by atoms with Crippen LogP contribution in [0.4, 0.5) is 0 Å². The Bertz CT molecular complexity index is 734. The Hall–Kier alpha value is -1.84. The van der Waals surface area contributed by atoms with Gasteiger partial charge in [0.05, 0.1) is 18.1 Å². The minimum atomic E-state index is -0.393. The van der Waals surface area contributed by atoms with Gasteiger partial charge in [0.1, 0.15) is 0 Å². The number of ether oxygens (including phenoxy) is 1. The number of halogens is 1. The average molecular weight is 372 g/mol. The molecular formula is C22H26ClNO2. The highest BCUT2D eigenvalue weighted by Crippen LogP contribution is 2.44. The first-order chi connectivity index (χ1) is 12.5. The standard InChI is InChI=1S/C22H26ClNO2/c1-16(2)26-15-18-6-4-17(5-7-18)14-24-21(25)22(12-3-13-22)19-8-10-20(23)11-9-19/h4-11,16H,3,12-15H2,1-2H3,(H,24,25). The largest absolute Gasteiger partial charge is 0.374 e. The fourth-order valence-electron chi connectivity index (χ4n) is 3.31. The summed E-state index contributed by atoms with van der Waals surface area (Å²) in [5, 5.41) is 3.82. The lowest BCUT2D eigenvalue weighted by molar-refractivity contribution is -0.130. The van der Waals surface area contributed by atoms with Crippen LogP contribution in [0, 0.1) is 0 Å². The van der Waals surface area contributed by atoms with Crippen molar-refractivity contribution in [2.24, 2.45) is 0 Å². The quantitative estimate of drug-likeness (QED) is 0.743. The Balaban J connectivity index is 1.60. The summed E-state index contributed by atoms with van der Waals surface area (Å²) in [6.45, 7) is 5.21. The zero-order valence-electron chi connectivity index (χ0n) is 15.4. The van der Waals surface area contributed by atoms with E-state index < -0.39 is 5.41 Å². The molecule has 138 valence electrons. The number of benzene rings is 2. The Morgan fingerprint density at radius 3 is 2.23 bits per heavy atom. The predicted octanol–water partition coefficient (Wildman–Crippen LogP) is 5.00. The van der Waals surface area contributed by atoms with Crippen LogP contribution in [0.25, 0.3) is 0 Å². The zero-order chi connectivity index (χ0) is 18.6. The lowest BCUT2D eigenvalue weighted by Crippen LogP contribution is -2.48. The Labute approximate surface area is 160 Å². The average Bonchev–Trinajstić information content (AvgIpc) is 2.59. The third kappa shape index (κ3) is 4.28. The molecule has 0 unspecified atom stereocenters. The Morgan fingerprint density at radius 1 is 1.08 bits per heavy atom. The van der Waals surface area contributed by atoms with E-state index in [0.29, 0.717) is 18.2 Å². The van der Waals surface area contributed by atoms with Crippen LogP contribution >= 0.6 is 11.6 Å². The zero-order valence-corrected chi connectivity index (χ0v) is 16.2. The lowest BCUT2D eigenvalue weighted by Gasteiger charge is -2.40. The van der Waals surface area contributed by atoms with Crippen molar-refractivity contribution < 1.29 is 9.53 Å². The third-order valence-corrected chi connectivity index (χ3v) is 5.35. The van der Waals surface area contributed by atoms with E-state index in [0.717, 1.165) is 36.0 Å². The van der Waals surface area contributed by atoms with E-state index in [1.54, 1.807) is 0 Å². The van der Waals surface area contributed by atoms with Gasteiger partial charge in [-0.3, -0.25) is 4.79 Å². The molecule has 26 heavy (non-hydrogen) atoms. The molecule has 0 saturated heterocycles. The summed E-state index contributed by atoms with van der Waals surface area (Å²) in [5.41, 5.74) is 2.91. The molecule has 0 heterocycles. The van der Waals surface area contributed by atoms with Crippen molar-refractivity contribution in [1.29, 1.82) is 0 Å². The Morgan fingerprint density at radius 2 is 1.69 bits per heavy atom.